The van der Waals surface area contributed by atoms with Crippen molar-refractivity contribution in [2.24, 2.45) is 0 Å². The van der Waals surface area contributed by atoms with E-state index in [1.165, 1.54) is 24.8 Å². The number of nitrogens with zero attached hydrogens (tertiary/aromatic N) is 2. The van der Waals surface area contributed by atoms with Gasteiger partial charge in [0.15, 0.2) is 11.2 Å². The van der Waals surface area contributed by atoms with E-state index < -0.39 is 0 Å². The summed E-state index contributed by atoms with van der Waals surface area (Å²) in [7, 11) is 0. The largest absolute Gasteiger partial charge is 0.294 e. The molecule has 0 radical (unpaired) electrons. The normalized spacial score (nSPS) is 11.1. The Morgan fingerprint density at radius 3 is 2.94 bits per heavy atom. The molecule has 5 nitrogen and oxygen atoms in total. The summed E-state index contributed by atoms with van der Waals surface area (Å²) in [6.07, 6.45) is 1.33. The first-order chi connectivity index (χ1) is 8.18. The average Bonchev–Trinajstić information content (AvgIpc) is 2.77. The number of fused-ring (bicyclic) bond motifs is 3. The fourth-order valence-electron chi connectivity index (χ4n) is 1.77. The maximum Gasteiger partial charge on any atom is 0.200 e. The van der Waals surface area contributed by atoms with Gasteiger partial charge in [0, 0.05) is 17.9 Å². The lowest BCUT2D eigenvalue weighted by Crippen LogP contribution is -2.13. The minimum absolute atomic E-state index is 0.121. The maximum atomic E-state index is 12.0. The summed E-state index contributed by atoms with van der Waals surface area (Å²) in [4.78, 5) is 27.5. The van der Waals surface area contributed by atoms with E-state index in [4.69, 9.17) is 0 Å². The second-order valence-corrected chi connectivity index (χ2v) is 4.27. The molecule has 0 unspecified atom stereocenters. The maximum absolute atomic E-state index is 12.0. The van der Waals surface area contributed by atoms with Gasteiger partial charge in [-0.05, 0) is 19.1 Å². The highest BCUT2D eigenvalue weighted by molar-refractivity contribution is 7.00. The number of aromatic nitrogens is 3. The van der Waals surface area contributed by atoms with Crippen LogP contribution in [-0.2, 0) is 0 Å². The SMILES string of the molecule is CC(=O)c1cnc2c(ccc3[nH]snc32)c1=O. The zero-order valence-corrected chi connectivity index (χ0v) is 9.67. The van der Waals surface area contributed by atoms with Gasteiger partial charge in [0.1, 0.15) is 11.0 Å². The Balaban J connectivity index is 2.53. The lowest BCUT2D eigenvalue weighted by Gasteiger charge is -1.99. The summed E-state index contributed by atoms with van der Waals surface area (Å²) in [6, 6.07) is 3.44. The second-order valence-electron chi connectivity index (χ2n) is 3.70. The number of hydrogen-bond acceptors (Lipinski definition) is 5. The predicted octanol–water partition coefficient (Wildman–Crippen LogP) is 1.74. The van der Waals surface area contributed by atoms with Crippen LogP contribution in [0, 0.1) is 0 Å². The molecule has 0 aliphatic rings. The van der Waals surface area contributed by atoms with Crippen molar-refractivity contribution < 1.29 is 4.79 Å². The van der Waals surface area contributed by atoms with Gasteiger partial charge in [-0.1, -0.05) is 0 Å². The number of hydrogen-bond donors (Lipinski definition) is 1. The van der Waals surface area contributed by atoms with Crippen LogP contribution in [0.3, 0.4) is 0 Å². The molecule has 1 aromatic carbocycles. The van der Waals surface area contributed by atoms with Gasteiger partial charge in [0.25, 0.3) is 0 Å². The Morgan fingerprint density at radius 1 is 1.35 bits per heavy atom. The van der Waals surface area contributed by atoms with Gasteiger partial charge in [-0.15, -0.1) is 0 Å². The monoisotopic (exact) mass is 245 g/mol. The topological polar surface area (TPSA) is 75.7 Å². The summed E-state index contributed by atoms with van der Waals surface area (Å²) in [5.74, 6) is -0.269. The second kappa shape index (κ2) is 3.46. The average molecular weight is 245 g/mol. The third kappa shape index (κ3) is 1.38. The first kappa shape index (κ1) is 10.1. The van der Waals surface area contributed by atoms with Crippen molar-refractivity contribution in [2.45, 2.75) is 6.92 Å². The molecule has 0 amide bonds. The summed E-state index contributed by atoms with van der Waals surface area (Å²) in [5.41, 5.74) is 1.88. The van der Waals surface area contributed by atoms with E-state index in [9.17, 15) is 9.59 Å². The zero-order chi connectivity index (χ0) is 12.0. The number of carbonyl (C=O) groups is 1. The Hall–Kier alpha value is -2.08. The van der Waals surface area contributed by atoms with E-state index in [-0.39, 0.29) is 16.8 Å². The number of rotatable bonds is 1. The zero-order valence-electron chi connectivity index (χ0n) is 8.85. The predicted molar refractivity (Wildman–Crippen MR) is 65.5 cm³/mol. The van der Waals surface area contributed by atoms with Crippen molar-refractivity contribution in [2.75, 3.05) is 0 Å². The smallest absolute Gasteiger partial charge is 0.200 e. The van der Waals surface area contributed by atoms with Crippen molar-refractivity contribution in [3.8, 4) is 0 Å². The highest BCUT2D eigenvalue weighted by Crippen LogP contribution is 2.19. The van der Waals surface area contributed by atoms with Crippen molar-refractivity contribution in [3.63, 3.8) is 0 Å². The van der Waals surface area contributed by atoms with Gasteiger partial charge in [-0.25, -0.2) is 0 Å². The van der Waals surface area contributed by atoms with E-state index in [0.29, 0.717) is 16.4 Å². The molecule has 0 bridgehead atoms. The van der Waals surface area contributed by atoms with Crippen LogP contribution in [0.4, 0.5) is 0 Å². The number of benzene rings is 1. The molecule has 0 spiro atoms. The molecule has 3 aromatic rings. The number of carbonyl (C=O) groups excluding carboxylic acids is 1. The van der Waals surface area contributed by atoms with Crippen LogP contribution in [0.1, 0.15) is 17.3 Å². The van der Waals surface area contributed by atoms with E-state index in [1.807, 2.05) is 0 Å². The minimum Gasteiger partial charge on any atom is -0.294 e. The van der Waals surface area contributed by atoms with Crippen LogP contribution in [0.15, 0.2) is 23.1 Å². The molecule has 84 valence electrons. The molecule has 17 heavy (non-hydrogen) atoms. The van der Waals surface area contributed by atoms with Crippen LogP contribution >= 0.6 is 11.7 Å². The summed E-state index contributed by atoms with van der Waals surface area (Å²) >= 11 is 1.20. The fraction of sp³-hybridized carbons (Fsp3) is 0.0909. The third-order valence-corrected chi connectivity index (χ3v) is 3.22. The van der Waals surface area contributed by atoms with Crippen LogP contribution in [0.25, 0.3) is 21.9 Å². The highest BCUT2D eigenvalue weighted by atomic mass is 32.1. The molecular weight excluding hydrogens is 238 g/mol. The van der Waals surface area contributed by atoms with Crippen LogP contribution in [0.5, 0.6) is 0 Å². The number of nitrogens with one attached hydrogen (secondary N) is 1. The van der Waals surface area contributed by atoms with Crippen molar-refractivity contribution in [3.05, 3.63) is 34.1 Å². The molecule has 1 N–H and O–H groups in total. The standard InChI is InChI=1S/C11H7N3O2S/c1-5(15)7-4-12-9-6(11(7)16)2-3-8-10(9)14-17-13-8/h2-4,13H,1H3. The Bertz CT molecular complexity index is 803. The summed E-state index contributed by atoms with van der Waals surface area (Å²) in [5, 5.41) is 0.435. The molecule has 0 aliphatic heterocycles. The molecule has 0 aliphatic carbocycles. The van der Waals surface area contributed by atoms with Gasteiger partial charge in [0.2, 0.25) is 0 Å². The van der Waals surface area contributed by atoms with Gasteiger partial charge >= 0.3 is 0 Å². The van der Waals surface area contributed by atoms with E-state index in [0.717, 1.165) is 5.52 Å². The summed E-state index contributed by atoms with van der Waals surface area (Å²) in [6.45, 7) is 1.36. The lowest BCUT2D eigenvalue weighted by molar-refractivity contribution is 0.101. The van der Waals surface area contributed by atoms with Crippen LogP contribution in [0.2, 0.25) is 0 Å². The van der Waals surface area contributed by atoms with E-state index in [1.54, 1.807) is 12.1 Å². The van der Waals surface area contributed by atoms with Crippen LogP contribution < -0.4 is 5.43 Å². The van der Waals surface area contributed by atoms with Gasteiger partial charge < -0.3 is 0 Å². The Morgan fingerprint density at radius 2 is 2.18 bits per heavy atom. The van der Waals surface area contributed by atoms with Gasteiger partial charge in [-0.3, -0.25) is 18.9 Å². The highest BCUT2D eigenvalue weighted by Gasteiger charge is 2.12. The number of ketones is 1. The van der Waals surface area contributed by atoms with Gasteiger partial charge in [-0.2, -0.15) is 4.37 Å². The van der Waals surface area contributed by atoms with E-state index in [2.05, 4.69) is 13.7 Å². The molecule has 0 atom stereocenters. The van der Waals surface area contributed by atoms with Gasteiger partial charge in [0.05, 0.1) is 16.5 Å². The van der Waals surface area contributed by atoms with Crippen molar-refractivity contribution in [1.82, 2.24) is 13.7 Å². The molecular formula is C11H7N3O2S. The lowest BCUT2D eigenvalue weighted by atomic mass is 10.1. The van der Waals surface area contributed by atoms with Crippen LogP contribution in [-0.4, -0.2) is 19.5 Å². The Kier molecular flexibility index (Phi) is 2.05. The minimum atomic E-state index is -0.280. The molecule has 0 saturated heterocycles. The third-order valence-electron chi connectivity index (χ3n) is 2.64. The number of Topliss-reactive ketones (excluding diaryl/α,β-unsaturated/α-hetero) is 1. The van der Waals surface area contributed by atoms with Crippen molar-refractivity contribution >= 4 is 39.4 Å². The first-order valence-electron chi connectivity index (χ1n) is 4.95. The molecule has 6 heteroatoms. The van der Waals surface area contributed by atoms with Crippen molar-refractivity contribution in [1.29, 1.82) is 0 Å². The molecule has 2 heterocycles. The molecule has 0 fully saturated rings. The first-order valence-corrected chi connectivity index (χ1v) is 5.72. The molecule has 0 saturated carbocycles. The Labute approximate surface area is 99.4 Å². The van der Waals surface area contributed by atoms with E-state index >= 15 is 0 Å². The summed E-state index contributed by atoms with van der Waals surface area (Å²) < 4.78 is 7.15. The number of aromatic amines is 1. The quantitative estimate of drug-likeness (QED) is 0.662. The molecule has 3 rings (SSSR count). The number of pyridine rings is 1. The number of H-pyrrole nitrogens is 1. The molecule has 2 aromatic heterocycles. The fourth-order valence-corrected chi connectivity index (χ4v) is 2.35.